The molecule has 3 fully saturated rings. The average Bonchev–Trinajstić information content (AvgIpc) is 2.82. The molecule has 0 aromatic rings. The van der Waals surface area contributed by atoms with Crippen molar-refractivity contribution in [3.05, 3.63) is 11.6 Å². The largest absolute Gasteiger partial charge is 0.393 e. The molecule has 0 heterocycles. The van der Waals surface area contributed by atoms with Gasteiger partial charge >= 0.3 is 0 Å². The summed E-state index contributed by atoms with van der Waals surface area (Å²) in [5.74, 6) is 1.83. The van der Waals surface area contributed by atoms with Gasteiger partial charge in [0, 0.05) is 0 Å². The normalized spacial score (nSPS) is 52.2. The van der Waals surface area contributed by atoms with Crippen LogP contribution in [0.5, 0.6) is 0 Å². The molecule has 3 nitrogen and oxygen atoms in total. The number of hydrogen-bond donors (Lipinski definition) is 2. The highest BCUT2D eigenvalue weighted by Gasteiger charge is 2.61. The van der Waals surface area contributed by atoms with Crippen LogP contribution in [0.4, 0.5) is 0 Å². The Morgan fingerprint density at radius 3 is 2.65 bits per heavy atom. The number of aliphatic hydroxyl groups is 2. The maximum atomic E-state index is 12.8. The van der Waals surface area contributed by atoms with Gasteiger partial charge in [0.05, 0.1) is 17.6 Å². The van der Waals surface area contributed by atoms with E-state index >= 15 is 0 Å². The van der Waals surface area contributed by atoms with Crippen molar-refractivity contribution in [1.29, 1.82) is 0 Å². The summed E-state index contributed by atoms with van der Waals surface area (Å²) in [5, 5.41) is 20.6. The van der Waals surface area contributed by atoms with Crippen molar-refractivity contribution in [1.82, 2.24) is 0 Å². The van der Waals surface area contributed by atoms with Gasteiger partial charge in [0.15, 0.2) is 0 Å². The number of aliphatic hydroxyl groups excluding tert-OH is 2. The van der Waals surface area contributed by atoms with Gasteiger partial charge in [0.2, 0.25) is 0 Å². The fourth-order valence-electron chi connectivity index (χ4n) is 6.92. The zero-order valence-corrected chi connectivity index (χ0v) is 14.4. The molecule has 2 unspecified atom stereocenters. The van der Waals surface area contributed by atoms with Gasteiger partial charge in [0.1, 0.15) is 5.78 Å². The number of ketones is 1. The molecule has 4 aliphatic rings. The second-order valence-electron chi connectivity index (χ2n) is 8.90. The van der Waals surface area contributed by atoms with Crippen molar-refractivity contribution in [3.63, 3.8) is 0 Å². The van der Waals surface area contributed by atoms with E-state index in [1.54, 1.807) is 6.92 Å². The Kier molecular flexibility index (Phi) is 3.55. The molecule has 3 heteroatoms. The van der Waals surface area contributed by atoms with Gasteiger partial charge in [-0.1, -0.05) is 18.6 Å². The molecule has 0 bridgehead atoms. The quantitative estimate of drug-likeness (QED) is 0.730. The number of carbonyl (C=O) groups is 1. The summed E-state index contributed by atoms with van der Waals surface area (Å²) < 4.78 is 0. The van der Waals surface area contributed by atoms with Crippen LogP contribution in [0.25, 0.3) is 0 Å². The second-order valence-corrected chi connectivity index (χ2v) is 8.90. The Morgan fingerprint density at radius 1 is 1.13 bits per heavy atom. The number of allylic oxidation sites excluding steroid dienone is 1. The highest BCUT2D eigenvalue weighted by atomic mass is 16.3. The smallest absolute Gasteiger partial charge is 0.140 e. The van der Waals surface area contributed by atoms with Crippen LogP contribution in [0.2, 0.25) is 0 Å². The van der Waals surface area contributed by atoms with Crippen LogP contribution in [0, 0.1) is 28.6 Å². The summed E-state index contributed by atoms with van der Waals surface area (Å²) in [5.41, 5.74) is 0.975. The molecule has 7 atom stereocenters. The van der Waals surface area contributed by atoms with Crippen LogP contribution in [0.15, 0.2) is 11.6 Å². The van der Waals surface area contributed by atoms with Gasteiger partial charge in [-0.05, 0) is 81.5 Å². The Balaban J connectivity index is 1.75. The minimum absolute atomic E-state index is 0.0542. The first-order valence-electron chi connectivity index (χ1n) is 9.46. The average molecular weight is 318 g/mol. The molecule has 3 saturated carbocycles. The van der Waals surface area contributed by atoms with Crippen molar-refractivity contribution >= 4 is 5.78 Å². The Hall–Kier alpha value is -0.670. The van der Waals surface area contributed by atoms with Gasteiger partial charge in [0.25, 0.3) is 0 Å². The fourth-order valence-corrected chi connectivity index (χ4v) is 6.92. The van der Waals surface area contributed by atoms with Gasteiger partial charge in [-0.2, -0.15) is 0 Å². The molecule has 0 aliphatic heterocycles. The van der Waals surface area contributed by atoms with E-state index in [0.29, 0.717) is 30.0 Å². The molecule has 23 heavy (non-hydrogen) atoms. The molecule has 2 N–H and O–H groups in total. The number of fused-ring (bicyclic) bond motifs is 5. The van der Waals surface area contributed by atoms with Gasteiger partial charge in [-0.3, -0.25) is 4.79 Å². The third-order valence-electron chi connectivity index (χ3n) is 8.19. The van der Waals surface area contributed by atoms with E-state index in [2.05, 4.69) is 13.0 Å². The molecule has 4 rings (SSSR count). The highest BCUT2D eigenvalue weighted by Crippen LogP contribution is 2.65. The molecular weight excluding hydrogens is 288 g/mol. The van der Waals surface area contributed by atoms with Gasteiger partial charge < -0.3 is 10.2 Å². The topological polar surface area (TPSA) is 57.5 Å². The van der Waals surface area contributed by atoms with Crippen LogP contribution in [0.1, 0.15) is 65.2 Å². The lowest BCUT2D eigenvalue weighted by Gasteiger charge is -2.57. The van der Waals surface area contributed by atoms with E-state index in [4.69, 9.17) is 0 Å². The summed E-state index contributed by atoms with van der Waals surface area (Å²) in [6, 6.07) is 0. The molecule has 4 aliphatic carbocycles. The SMILES string of the molecule is CC(=O)[C@]12CCC(O)CC1=CC[C@@H]1[C@H]2CC[C@]2(C)C(O)CC[C@@H]12. The summed E-state index contributed by atoms with van der Waals surface area (Å²) in [4.78, 5) is 12.8. The maximum absolute atomic E-state index is 12.8. The predicted molar refractivity (Wildman–Crippen MR) is 88.7 cm³/mol. The Labute approximate surface area is 139 Å². The van der Waals surface area contributed by atoms with E-state index in [1.807, 2.05) is 0 Å². The van der Waals surface area contributed by atoms with Crippen molar-refractivity contribution in [3.8, 4) is 0 Å². The zero-order chi connectivity index (χ0) is 16.4. The van der Waals surface area contributed by atoms with Crippen molar-refractivity contribution < 1.29 is 15.0 Å². The van der Waals surface area contributed by atoms with Crippen molar-refractivity contribution in [2.45, 2.75) is 77.4 Å². The highest BCUT2D eigenvalue weighted by molar-refractivity contribution is 5.86. The molecule has 0 spiro atoms. The van der Waals surface area contributed by atoms with E-state index in [-0.39, 0.29) is 23.0 Å². The second kappa shape index (κ2) is 5.16. The number of Topliss-reactive ketones (excluding diaryl/α,β-unsaturated/α-hetero) is 1. The first-order chi connectivity index (χ1) is 10.9. The van der Waals surface area contributed by atoms with Crippen LogP contribution in [-0.2, 0) is 4.79 Å². The summed E-state index contributed by atoms with van der Waals surface area (Å²) in [6.45, 7) is 4.04. The van der Waals surface area contributed by atoms with E-state index < -0.39 is 0 Å². The molecular formula is C20H30O3. The Bertz CT molecular complexity index is 553. The molecule has 0 aromatic heterocycles. The van der Waals surface area contributed by atoms with E-state index in [1.165, 1.54) is 5.57 Å². The molecule has 0 radical (unpaired) electrons. The first-order valence-corrected chi connectivity index (χ1v) is 9.46. The van der Waals surface area contributed by atoms with Crippen LogP contribution in [-0.4, -0.2) is 28.2 Å². The van der Waals surface area contributed by atoms with Gasteiger partial charge in [-0.15, -0.1) is 0 Å². The summed E-state index contributed by atoms with van der Waals surface area (Å²) >= 11 is 0. The molecule has 0 amide bonds. The number of hydrogen-bond acceptors (Lipinski definition) is 3. The number of rotatable bonds is 1. The summed E-state index contributed by atoms with van der Waals surface area (Å²) in [6.07, 6.45) is 9.29. The zero-order valence-electron chi connectivity index (χ0n) is 14.4. The minimum Gasteiger partial charge on any atom is -0.393 e. The third-order valence-corrected chi connectivity index (χ3v) is 8.19. The van der Waals surface area contributed by atoms with E-state index in [9.17, 15) is 15.0 Å². The van der Waals surface area contributed by atoms with Crippen LogP contribution >= 0.6 is 0 Å². The predicted octanol–water partition coefficient (Wildman–Crippen LogP) is 3.24. The summed E-state index contributed by atoms with van der Waals surface area (Å²) in [7, 11) is 0. The van der Waals surface area contributed by atoms with Gasteiger partial charge in [-0.25, -0.2) is 0 Å². The molecule has 0 saturated heterocycles. The lowest BCUT2D eigenvalue weighted by atomic mass is 9.46. The Morgan fingerprint density at radius 2 is 1.91 bits per heavy atom. The first kappa shape index (κ1) is 15.8. The molecule has 128 valence electrons. The van der Waals surface area contributed by atoms with Crippen LogP contribution < -0.4 is 0 Å². The van der Waals surface area contributed by atoms with Crippen LogP contribution in [0.3, 0.4) is 0 Å². The minimum atomic E-state index is -0.309. The maximum Gasteiger partial charge on any atom is 0.140 e. The fraction of sp³-hybridized carbons (Fsp3) is 0.850. The lowest BCUT2D eigenvalue weighted by molar-refractivity contribution is -0.138. The standard InChI is InChI=1S/C20H30O3/c1-12(21)20-10-7-14(22)11-13(20)3-4-15-16-5-6-18(23)19(16,2)9-8-17(15)20/h3,14-18,22-23H,4-11H2,1-2H3/t14?,15-,16-,17+,18?,19-,20+/m0/s1. The molecule has 0 aromatic carbocycles. The third kappa shape index (κ3) is 1.99. The van der Waals surface area contributed by atoms with E-state index in [0.717, 1.165) is 44.9 Å². The van der Waals surface area contributed by atoms with Crippen molar-refractivity contribution in [2.75, 3.05) is 0 Å². The number of carbonyl (C=O) groups excluding carboxylic acids is 1. The monoisotopic (exact) mass is 318 g/mol. The lowest BCUT2D eigenvalue weighted by Crippen LogP contribution is -2.54. The van der Waals surface area contributed by atoms with Crippen molar-refractivity contribution in [2.24, 2.45) is 28.6 Å².